The molecule has 9 heteroatoms. The van der Waals surface area contributed by atoms with Crippen LogP contribution >= 0.6 is 0 Å². The lowest BCUT2D eigenvalue weighted by molar-refractivity contribution is -0.384. The third kappa shape index (κ3) is 4.49. The summed E-state index contributed by atoms with van der Waals surface area (Å²) >= 11 is 0. The van der Waals surface area contributed by atoms with Crippen molar-refractivity contribution < 1.29 is 18.8 Å². The highest BCUT2D eigenvalue weighted by atomic mass is 19.1. The van der Waals surface area contributed by atoms with Gasteiger partial charge in [-0.1, -0.05) is 12.1 Å². The van der Waals surface area contributed by atoms with Gasteiger partial charge in [0.2, 0.25) is 0 Å². The second-order valence-corrected chi connectivity index (χ2v) is 6.21. The Morgan fingerprint density at radius 1 is 1.21 bits per heavy atom. The molecule has 1 N–H and O–H groups in total. The largest absolute Gasteiger partial charge is 0.378 e. The zero-order valence-electron chi connectivity index (χ0n) is 15.2. The third-order valence-electron chi connectivity index (χ3n) is 4.36. The van der Waals surface area contributed by atoms with Crippen molar-refractivity contribution in [3.8, 4) is 0 Å². The van der Waals surface area contributed by atoms with E-state index in [4.69, 9.17) is 4.74 Å². The molecular formula is C19H19FN4O4. The number of benzene rings is 2. The van der Waals surface area contributed by atoms with Crippen molar-refractivity contribution in [3.63, 3.8) is 0 Å². The zero-order valence-corrected chi connectivity index (χ0v) is 15.2. The fraction of sp³-hybridized carbons (Fsp3) is 0.263. The summed E-state index contributed by atoms with van der Waals surface area (Å²) < 4.78 is 19.8. The molecule has 146 valence electrons. The van der Waals surface area contributed by atoms with Gasteiger partial charge >= 0.3 is 0 Å². The first-order chi connectivity index (χ1) is 13.5. The van der Waals surface area contributed by atoms with Gasteiger partial charge in [0.05, 0.1) is 29.5 Å². The van der Waals surface area contributed by atoms with Crippen LogP contribution in [0.5, 0.6) is 0 Å². The van der Waals surface area contributed by atoms with E-state index in [1.165, 1.54) is 24.3 Å². The Hall–Kier alpha value is -3.33. The second-order valence-electron chi connectivity index (χ2n) is 6.21. The molecule has 0 atom stereocenters. The molecule has 1 fully saturated rings. The molecule has 1 saturated heterocycles. The van der Waals surface area contributed by atoms with Crippen LogP contribution in [-0.4, -0.2) is 42.8 Å². The van der Waals surface area contributed by atoms with E-state index in [9.17, 15) is 19.3 Å². The van der Waals surface area contributed by atoms with Gasteiger partial charge in [-0.25, -0.2) is 9.82 Å². The first-order valence-corrected chi connectivity index (χ1v) is 8.67. The summed E-state index contributed by atoms with van der Waals surface area (Å²) in [5.74, 6) is -0.965. The van der Waals surface area contributed by atoms with Crippen LogP contribution in [0.2, 0.25) is 0 Å². The topological polar surface area (TPSA) is 97.1 Å². The lowest BCUT2D eigenvalue weighted by Crippen LogP contribution is -2.36. The van der Waals surface area contributed by atoms with Crippen molar-refractivity contribution >= 4 is 23.0 Å². The molecule has 0 radical (unpaired) electrons. The Balaban J connectivity index is 1.71. The minimum atomic E-state index is -0.589. The van der Waals surface area contributed by atoms with Crippen molar-refractivity contribution in [1.29, 1.82) is 0 Å². The molecule has 0 aromatic heterocycles. The van der Waals surface area contributed by atoms with Crippen molar-refractivity contribution in [3.05, 3.63) is 69.5 Å². The maximum absolute atomic E-state index is 14.5. The normalized spacial score (nSPS) is 14.6. The maximum atomic E-state index is 14.5. The number of ether oxygens (including phenoxy) is 1. The summed E-state index contributed by atoms with van der Waals surface area (Å²) in [6, 6.07) is 10.1. The molecule has 0 bridgehead atoms. The molecule has 1 aliphatic heterocycles. The number of nitro groups is 1. The summed E-state index contributed by atoms with van der Waals surface area (Å²) in [7, 11) is 0. The van der Waals surface area contributed by atoms with E-state index in [1.807, 2.05) is 4.90 Å². The number of amides is 1. The third-order valence-corrected chi connectivity index (χ3v) is 4.36. The molecular weight excluding hydrogens is 367 g/mol. The van der Waals surface area contributed by atoms with Crippen molar-refractivity contribution in [2.75, 3.05) is 31.2 Å². The average Bonchev–Trinajstić information content (AvgIpc) is 2.72. The van der Waals surface area contributed by atoms with Crippen molar-refractivity contribution in [2.24, 2.45) is 5.10 Å². The van der Waals surface area contributed by atoms with Gasteiger partial charge < -0.3 is 9.64 Å². The van der Waals surface area contributed by atoms with Crippen LogP contribution in [0.15, 0.2) is 47.6 Å². The number of halogens is 1. The van der Waals surface area contributed by atoms with E-state index >= 15 is 0 Å². The smallest absolute Gasteiger partial charge is 0.271 e. The Labute approximate surface area is 160 Å². The van der Waals surface area contributed by atoms with Gasteiger partial charge in [-0.3, -0.25) is 14.9 Å². The molecule has 0 unspecified atom stereocenters. The summed E-state index contributed by atoms with van der Waals surface area (Å²) in [4.78, 5) is 24.3. The minimum Gasteiger partial charge on any atom is -0.378 e. The monoisotopic (exact) mass is 386 g/mol. The highest BCUT2D eigenvalue weighted by molar-refractivity contribution is 6.01. The Kier molecular flexibility index (Phi) is 5.95. The molecule has 0 spiro atoms. The highest BCUT2D eigenvalue weighted by Gasteiger charge is 2.16. The van der Waals surface area contributed by atoms with Gasteiger partial charge in [-0.2, -0.15) is 5.10 Å². The number of hydrogen-bond donors (Lipinski definition) is 1. The number of carbonyl (C=O) groups excluding carboxylic acids is 1. The highest BCUT2D eigenvalue weighted by Crippen LogP contribution is 2.22. The van der Waals surface area contributed by atoms with Crippen LogP contribution in [0.3, 0.4) is 0 Å². The van der Waals surface area contributed by atoms with E-state index in [-0.39, 0.29) is 17.1 Å². The van der Waals surface area contributed by atoms with Gasteiger partial charge in [-0.15, -0.1) is 0 Å². The van der Waals surface area contributed by atoms with Crippen LogP contribution in [0, 0.1) is 15.9 Å². The number of morpholine rings is 1. The van der Waals surface area contributed by atoms with E-state index in [1.54, 1.807) is 19.1 Å². The Bertz CT molecular complexity index is 926. The average molecular weight is 386 g/mol. The SMILES string of the molecule is C/C(=N/NC(=O)c1cccc([N+](=O)[O-])c1)c1ccc(N2CCOCC2)c(F)c1. The Morgan fingerprint density at radius 2 is 1.96 bits per heavy atom. The van der Waals surface area contributed by atoms with E-state index in [0.29, 0.717) is 43.3 Å². The molecule has 1 aliphatic rings. The summed E-state index contributed by atoms with van der Waals surface area (Å²) in [5, 5.41) is 14.8. The Morgan fingerprint density at radius 3 is 2.64 bits per heavy atom. The van der Waals surface area contributed by atoms with Gasteiger partial charge in [-0.05, 0) is 25.1 Å². The molecule has 1 amide bonds. The number of nitrogens with zero attached hydrogens (tertiary/aromatic N) is 3. The lowest BCUT2D eigenvalue weighted by Gasteiger charge is -2.29. The van der Waals surface area contributed by atoms with Crippen LogP contribution in [-0.2, 0) is 4.74 Å². The predicted octanol–water partition coefficient (Wildman–Crippen LogP) is 2.72. The number of rotatable bonds is 5. The molecule has 3 rings (SSSR count). The fourth-order valence-corrected chi connectivity index (χ4v) is 2.82. The lowest BCUT2D eigenvalue weighted by atomic mass is 10.1. The van der Waals surface area contributed by atoms with E-state index < -0.39 is 10.8 Å². The number of nitrogens with one attached hydrogen (secondary N) is 1. The first kappa shape index (κ1) is 19.4. The number of non-ortho nitro benzene ring substituents is 1. The quantitative estimate of drug-likeness (QED) is 0.484. The number of hydrazone groups is 1. The molecule has 8 nitrogen and oxygen atoms in total. The van der Waals surface area contributed by atoms with Crippen LogP contribution in [0.4, 0.5) is 15.8 Å². The summed E-state index contributed by atoms with van der Waals surface area (Å²) in [5.41, 5.74) is 3.69. The number of nitro benzene ring substituents is 1. The second kappa shape index (κ2) is 8.57. The molecule has 28 heavy (non-hydrogen) atoms. The van der Waals surface area contributed by atoms with Gasteiger partial charge in [0.25, 0.3) is 11.6 Å². The fourth-order valence-electron chi connectivity index (χ4n) is 2.82. The minimum absolute atomic E-state index is 0.111. The van der Waals surface area contributed by atoms with E-state index in [0.717, 1.165) is 6.07 Å². The summed E-state index contributed by atoms with van der Waals surface area (Å²) in [6.45, 7) is 4.01. The molecule has 2 aromatic carbocycles. The standard InChI is InChI=1S/C19H19FN4O4/c1-13(21-22-19(25)15-3-2-4-16(11-15)24(26)27)14-5-6-18(17(20)12-14)23-7-9-28-10-8-23/h2-6,11-12H,7-10H2,1H3,(H,22,25)/b21-13-. The van der Waals surface area contributed by atoms with Gasteiger partial charge in [0, 0.05) is 36.3 Å². The van der Waals surface area contributed by atoms with Gasteiger partial charge in [0.1, 0.15) is 5.82 Å². The zero-order chi connectivity index (χ0) is 20.1. The number of hydrogen-bond acceptors (Lipinski definition) is 6. The van der Waals surface area contributed by atoms with Crippen molar-refractivity contribution in [2.45, 2.75) is 6.92 Å². The van der Waals surface area contributed by atoms with Crippen LogP contribution in [0.1, 0.15) is 22.8 Å². The maximum Gasteiger partial charge on any atom is 0.271 e. The number of anilines is 1. The molecule has 0 aliphatic carbocycles. The van der Waals surface area contributed by atoms with Crippen molar-refractivity contribution in [1.82, 2.24) is 5.43 Å². The number of carbonyl (C=O) groups is 1. The molecule has 1 heterocycles. The molecule has 0 saturated carbocycles. The van der Waals surface area contributed by atoms with Gasteiger partial charge in [0.15, 0.2) is 0 Å². The molecule has 2 aromatic rings. The summed E-state index contributed by atoms with van der Waals surface area (Å²) in [6.07, 6.45) is 0. The van der Waals surface area contributed by atoms with E-state index in [2.05, 4.69) is 10.5 Å². The predicted molar refractivity (Wildman–Crippen MR) is 102 cm³/mol. The van der Waals surface area contributed by atoms with Crippen LogP contribution < -0.4 is 10.3 Å². The van der Waals surface area contributed by atoms with Crippen LogP contribution in [0.25, 0.3) is 0 Å². The first-order valence-electron chi connectivity index (χ1n) is 8.67.